The highest BCUT2D eigenvalue weighted by Crippen LogP contribution is 2.42. The Bertz CT molecular complexity index is 1410. The van der Waals surface area contributed by atoms with Crippen molar-refractivity contribution in [3.05, 3.63) is 70.2 Å². The molecule has 0 radical (unpaired) electrons. The third-order valence-corrected chi connectivity index (χ3v) is 8.65. The van der Waals surface area contributed by atoms with Crippen LogP contribution in [-0.4, -0.2) is 44.8 Å². The highest BCUT2D eigenvalue weighted by atomic mass is 35.5. The number of rotatable bonds is 8. The maximum absolute atomic E-state index is 13.2. The van der Waals surface area contributed by atoms with Gasteiger partial charge in [-0.15, -0.1) is 0 Å². The lowest BCUT2D eigenvalue weighted by atomic mass is 10.1. The van der Waals surface area contributed by atoms with Crippen molar-refractivity contribution in [2.45, 2.75) is 37.2 Å². The number of nitrogens with zero attached hydrogens (tertiary/aromatic N) is 2. The van der Waals surface area contributed by atoms with Crippen LogP contribution in [0.5, 0.6) is 0 Å². The maximum Gasteiger partial charge on any atom is 0.265 e. The van der Waals surface area contributed by atoms with E-state index in [4.69, 9.17) is 23.2 Å². The summed E-state index contributed by atoms with van der Waals surface area (Å²) in [7, 11) is -2.19. The van der Waals surface area contributed by atoms with Crippen LogP contribution in [0.4, 0.5) is 5.69 Å². The van der Waals surface area contributed by atoms with Gasteiger partial charge in [-0.25, -0.2) is 8.42 Å². The van der Waals surface area contributed by atoms with Crippen molar-refractivity contribution in [3.63, 3.8) is 0 Å². The molecule has 7 nitrogen and oxygen atoms in total. The van der Waals surface area contributed by atoms with Gasteiger partial charge < -0.3 is 10.2 Å². The van der Waals surface area contributed by atoms with Crippen molar-refractivity contribution in [1.29, 1.82) is 0 Å². The van der Waals surface area contributed by atoms with E-state index in [9.17, 15) is 18.0 Å². The molecule has 2 amide bonds. The first-order chi connectivity index (χ1) is 16.6. The van der Waals surface area contributed by atoms with Crippen LogP contribution >= 0.6 is 23.2 Å². The molecule has 0 fully saturated rings. The summed E-state index contributed by atoms with van der Waals surface area (Å²) < 4.78 is 27.7. The van der Waals surface area contributed by atoms with Gasteiger partial charge in [0.25, 0.3) is 10.0 Å². The van der Waals surface area contributed by atoms with Crippen LogP contribution in [0, 0.1) is 0 Å². The number of likely N-dealkylation sites (N-methyl/N-ethyl adjacent to an activating group) is 1. The molecule has 0 aliphatic carbocycles. The predicted octanol–water partition coefficient (Wildman–Crippen LogP) is 4.60. The van der Waals surface area contributed by atoms with Crippen LogP contribution in [0.2, 0.25) is 10.0 Å². The van der Waals surface area contributed by atoms with Crippen LogP contribution in [0.1, 0.15) is 25.3 Å². The Morgan fingerprint density at radius 2 is 1.80 bits per heavy atom. The fourth-order valence-corrected chi connectivity index (χ4v) is 6.56. The van der Waals surface area contributed by atoms with Crippen LogP contribution in [0.25, 0.3) is 10.8 Å². The molecule has 0 spiro atoms. The van der Waals surface area contributed by atoms with Crippen molar-refractivity contribution in [3.8, 4) is 0 Å². The number of anilines is 1. The zero-order valence-electron chi connectivity index (χ0n) is 19.3. The summed E-state index contributed by atoms with van der Waals surface area (Å²) in [4.78, 5) is 27.3. The standard InChI is InChI=1S/C25H25Cl2N3O4S/c1-16(25(32)28-2)29(15-18-11-12-19(26)14-20(18)27)23(31)10-5-13-30-21-8-3-6-17-7-4-9-22(24(17)21)35(30,33)34/h3-4,6-9,11-12,14,16H,5,10,13,15H2,1-2H3,(H,28,32)/t16-/m0/s1. The highest BCUT2D eigenvalue weighted by Gasteiger charge is 2.35. The average molecular weight is 534 g/mol. The Kier molecular flexibility index (Phi) is 7.26. The molecule has 0 bridgehead atoms. The van der Waals surface area contributed by atoms with E-state index < -0.39 is 16.1 Å². The Morgan fingerprint density at radius 3 is 2.49 bits per heavy atom. The van der Waals surface area contributed by atoms with Crippen molar-refractivity contribution < 1.29 is 18.0 Å². The van der Waals surface area contributed by atoms with E-state index >= 15 is 0 Å². The largest absolute Gasteiger partial charge is 0.357 e. The third kappa shape index (κ3) is 4.83. The topological polar surface area (TPSA) is 86.8 Å². The Balaban J connectivity index is 1.51. The first-order valence-corrected chi connectivity index (χ1v) is 13.3. The minimum Gasteiger partial charge on any atom is -0.357 e. The number of carbonyl (C=O) groups is 2. The quantitative estimate of drug-likeness (QED) is 0.458. The summed E-state index contributed by atoms with van der Waals surface area (Å²) >= 11 is 12.3. The number of carbonyl (C=O) groups excluding carboxylic acids is 2. The summed E-state index contributed by atoms with van der Waals surface area (Å²) in [5, 5.41) is 4.99. The summed E-state index contributed by atoms with van der Waals surface area (Å²) in [6.07, 6.45) is 0.346. The normalized spacial score (nSPS) is 14.7. The van der Waals surface area contributed by atoms with E-state index in [0.29, 0.717) is 26.7 Å². The minimum absolute atomic E-state index is 0.0604. The molecule has 1 N–H and O–H groups in total. The number of nitrogens with one attached hydrogen (secondary N) is 1. The van der Waals surface area contributed by atoms with Gasteiger partial charge in [0.1, 0.15) is 6.04 Å². The fourth-order valence-electron chi connectivity index (χ4n) is 4.34. The number of hydrogen-bond donors (Lipinski definition) is 1. The Hall–Kier alpha value is -2.81. The molecule has 10 heteroatoms. The predicted molar refractivity (Wildman–Crippen MR) is 138 cm³/mol. The lowest BCUT2D eigenvalue weighted by molar-refractivity contribution is -0.140. The molecular formula is C25H25Cl2N3O4S. The summed E-state index contributed by atoms with van der Waals surface area (Å²) in [6, 6.07) is 14.9. The zero-order chi connectivity index (χ0) is 25.3. The first kappa shape index (κ1) is 25.3. The van der Waals surface area contributed by atoms with E-state index in [2.05, 4.69) is 5.32 Å². The Morgan fingerprint density at radius 1 is 1.09 bits per heavy atom. The number of amides is 2. The third-order valence-electron chi connectivity index (χ3n) is 6.20. The summed E-state index contributed by atoms with van der Waals surface area (Å²) in [5.41, 5.74) is 1.28. The van der Waals surface area contributed by atoms with Gasteiger partial charge in [0.2, 0.25) is 11.8 Å². The van der Waals surface area contributed by atoms with Crippen LogP contribution in [-0.2, 0) is 26.2 Å². The summed E-state index contributed by atoms with van der Waals surface area (Å²) in [6.45, 7) is 1.91. The second-order valence-electron chi connectivity index (χ2n) is 8.36. The molecule has 3 aromatic rings. The van der Waals surface area contributed by atoms with E-state index in [1.807, 2.05) is 18.2 Å². The minimum atomic E-state index is -3.69. The van der Waals surface area contributed by atoms with Crippen LogP contribution in [0.3, 0.4) is 0 Å². The SMILES string of the molecule is CNC(=O)[C@H](C)N(Cc1ccc(Cl)cc1Cl)C(=O)CCCN1c2cccc3cccc(c23)S1(=O)=O. The van der Waals surface area contributed by atoms with Gasteiger partial charge in [0, 0.05) is 42.0 Å². The molecule has 1 aliphatic rings. The van der Waals surface area contributed by atoms with E-state index in [-0.39, 0.29) is 42.6 Å². The lowest BCUT2D eigenvalue weighted by Gasteiger charge is -2.29. The highest BCUT2D eigenvalue weighted by molar-refractivity contribution is 7.93. The second-order valence-corrected chi connectivity index (χ2v) is 11.0. The molecule has 0 saturated heterocycles. The van der Waals surface area contributed by atoms with Gasteiger partial charge in [-0.2, -0.15) is 0 Å². The lowest BCUT2D eigenvalue weighted by Crippen LogP contribution is -2.46. The van der Waals surface area contributed by atoms with Crippen LogP contribution < -0.4 is 9.62 Å². The zero-order valence-corrected chi connectivity index (χ0v) is 21.6. The molecular weight excluding hydrogens is 509 g/mol. The van der Waals surface area contributed by atoms with Crippen molar-refractivity contribution in [2.24, 2.45) is 0 Å². The van der Waals surface area contributed by atoms with Gasteiger partial charge in [-0.05, 0) is 48.6 Å². The molecule has 0 saturated carbocycles. The van der Waals surface area contributed by atoms with Gasteiger partial charge in [-0.3, -0.25) is 13.9 Å². The smallest absolute Gasteiger partial charge is 0.265 e. The Labute approximate surface area is 214 Å². The van der Waals surface area contributed by atoms with E-state index in [1.165, 1.54) is 16.3 Å². The fraction of sp³-hybridized carbons (Fsp3) is 0.280. The van der Waals surface area contributed by atoms with E-state index in [0.717, 1.165) is 5.39 Å². The molecule has 1 heterocycles. The summed E-state index contributed by atoms with van der Waals surface area (Å²) in [5.74, 6) is -0.591. The van der Waals surface area contributed by atoms with Gasteiger partial charge >= 0.3 is 0 Å². The van der Waals surface area contributed by atoms with Gasteiger partial charge in [0.05, 0.1) is 10.6 Å². The number of hydrogen-bond acceptors (Lipinski definition) is 4. The monoisotopic (exact) mass is 533 g/mol. The van der Waals surface area contributed by atoms with Gasteiger partial charge in [-0.1, -0.05) is 53.5 Å². The molecule has 1 atom stereocenters. The number of sulfonamides is 1. The van der Waals surface area contributed by atoms with Crippen molar-refractivity contribution >= 4 is 61.5 Å². The molecule has 1 aliphatic heterocycles. The van der Waals surface area contributed by atoms with Crippen molar-refractivity contribution in [2.75, 3.05) is 17.9 Å². The van der Waals surface area contributed by atoms with Crippen molar-refractivity contribution in [1.82, 2.24) is 10.2 Å². The maximum atomic E-state index is 13.2. The van der Waals surface area contributed by atoms with E-state index in [1.54, 1.807) is 43.3 Å². The average Bonchev–Trinajstić information content (AvgIpc) is 3.05. The molecule has 4 rings (SSSR count). The molecule has 0 unspecified atom stereocenters. The molecule has 184 valence electrons. The second kappa shape index (κ2) is 10.0. The number of benzene rings is 3. The molecule has 0 aromatic heterocycles. The van der Waals surface area contributed by atoms with Gasteiger partial charge in [0.15, 0.2) is 0 Å². The number of halogens is 2. The first-order valence-electron chi connectivity index (χ1n) is 11.1. The van der Waals surface area contributed by atoms with Crippen LogP contribution in [0.15, 0.2) is 59.5 Å². The molecule has 3 aromatic carbocycles. The molecule has 35 heavy (non-hydrogen) atoms.